The third-order valence-electron chi connectivity index (χ3n) is 1.62. The largest absolute Gasteiger partial charge is 0.368 e. The van der Waals surface area contributed by atoms with Crippen LogP contribution in [0.5, 0.6) is 0 Å². The number of nitrogen functional groups attached to an aromatic ring is 1. The molecular weight excluding hydrogens is 202 g/mol. The van der Waals surface area contributed by atoms with Gasteiger partial charge in [-0.1, -0.05) is 11.8 Å². The molecule has 74 valence electrons. The number of aromatic amines is 1. The van der Waals surface area contributed by atoms with E-state index in [4.69, 9.17) is 5.73 Å². The van der Waals surface area contributed by atoms with E-state index in [1.165, 1.54) is 11.8 Å². The van der Waals surface area contributed by atoms with Gasteiger partial charge >= 0.3 is 0 Å². The summed E-state index contributed by atoms with van der Waals surface area (Å²) in [6.45, 7) is 0. The van der Waals surface area contributed by atoms with Crippen molar-refractivity contribution >= 4 is 17.7 Å². The number of anilines is 1. The molecule has 2 rings (SSSR count). The number of aryl methyl sites for hydroxylation is 1. The highest BCUT2D eigenvalue weighted by Crippen LogP contribution is 2.17. The second-order valence-electron chi connectivity index (χ2n) is 2.65. The van der Waals surface area contributed by atoms with E-state index in [0.717, 1.165) is 5.82 Å². The van der Waals surface area contributed by atoms with Crippen LogP contribution < -0.4 is 5.73 Å². The lowest BCUT2D eigenvalue weighted by Crippen LogP contribution is -1.94. The third kappa shape index (κ3) is 1.84. The predicted octanol–water partition coefficient (Wildman–Crippen LogP) is -0.192. The SMILES string of the molecule is Cn1cnnc1CSc1n[nH]c(N)n1. The molecule has 7 nitrogen and oxygen atoms in total. The molecule has 0 saturated carbocycles. The van der Waals surface area contributed by atoms with Gasteiger partial charge in [0, 0.05) is 7.05 Å². The Labute approximate surface area is 84.1 Å². The van der Waals surface area contributed by atoms with E-state index < -0.39 is 0 Å². The van der Waals surface area contributed by atoms with E-state index in [9.17, 15) is 0 Å². The summed E-state index contributed by atoms with van der Waals surface area (Å²) in [4.78, 5) is 3.96. The zero-order chi connectivity index (χ0) is 9.97. The molecule has 2 aromatic rings. The maximum absolute atomic E-state index is 5.38. The van der Waals surface area contributed by atoms with Gasteiger partial charge in [-0.05, 0) is 0 Å². The Hall–Kier alpha value is -1.57. The summed E-state index contributed by atoms with van der Waals surface area (Å²) >= 11 is 1.46. The molecule has 2 heterocycles. The van der Waals surface area contributed by atoms with Crippen LogP contribution in [0.1, 0.15) is 5.82 Å². The number of nitrogens with one attached hydrogen (secondary N) is 1. The third-order valence-corrected chi connectivity index (χ3v) is 2.46. The zero-order valence-electron chi connectivity index (χ0n) is 7.51. The number of thioether (sulfide) groups is 1. The van der Waals surface area contributed by atoms with Crippen molar-refractivity contribution < 1.29 is 0 Å². The second kappa shape index (κ2) is 3.66. The normalized spacial score (nSPS) is 10.6. The molecule has 0 amide bonds. The Morgan fingerprint density at radius 1 is 1.64 bits per heavy atom. The van der Waals surface area contributed by atoms with Gasteiger partial charge in [0.2, 0.25) is 11.1 Å². The Morgan fingerprint density at radius 3 is 3.07 bits per heavy atom. The van der Waals surface area contributed by atoms with Gasteiger partial charge in [0.05, 0.1) is 5.75 Å². The van der Waals surface area contributed by atoms with Crippen molar-refractivity contribution in [2.45, 2.75) is 10.9 Å². The molecule has 0 saturated heterocycles. The average molecular weight is 211 g/mol. The second-order valence-corrected chi connectivity index (χ2v) is 3.59. The Kier molecular flexibility index (Phi) is 2.35. The Morgan fingerprint density at radius 2 is 2.50 bits per heavy atom. The first-order valence-electron chi connectivity index (χ1n) is 3.89. The van der Waals surface area contributed by atoms with Crippen molar-refractivity contribution in [3.63, 3.8) is 0 Å². The summed E-state index contributed by atoms with van der Waals surface area (Å²) in [5.41, 5.74) is 5.38. The van der Waals surface area contributed by atoms with Gasteiger partial charge in [0.15, 0.2) is 0 Å². The van der Waals surface area contributed by atoms with Crippen molar-refractivity contribution in [3.8, 4) is 0 Å². The van der Waals surface area contributed by atoms with Crippen LogP contribution in [-0.4, -0.2) is 29.9 Å². The van der Waals surface area contributed by atoms with Gasteiger partial charge < -0.3 is 10.3 Å². The standard InChI is InChI=1S/C6H9N7S/c1-13-3-8-10-4(13)2-14-6-9-5(7)11-12-6/h3H,2H2,1H3,(H3,7,9,11,12). The molecule has 14 heavy (non-hydrogen) atoms. The first-order valence-corrected chi connectivity index (χ1v) is 4.88. The Balaban J connectivity index is 1.98. The van der Waals surface area contributed by atoms with Crippen molar-refractivity contribution in [1.29, 1.82) is 0 Å². The molecule has 0 spiro atoms. The highest BCUT2D eigenvalue weighted by atomic mass is 32.2. The molecule has 8 heteroatoms. The fraction of sp³-hybridized carbons (Fsp3) is 0.333. The van der Waals surface area contributed by atoms with Gasteiger partial charge in [0.1, 0.15) is 12.2 Å². The summed E-state index contributed by atoms with van der Waals surface area (Å²) < 4.78 is 1.85. The van der Waals surface area contributed by atoms with Crippen LogP contribution in [0.25, 0.3) is 0 Å². The number of rotatable bonds is 3. The summed E-state index contributed by atoms with van der Waals surface area (Å²) in [6.07, 6.45) is 1.65. The molecule has 0 radical (unpaired) electrons. The van der Waals surface area contributed by atoms with E-state index >= 15 is 0 Å². The predicted molar refractivity (Wildman–Crippen MR) is 51.4 cm³/mol. The van der Waals surface area contributed by atoms with Crippen LogP contribution in [0.3, 0.4) is 0 Å². The minimum absolute atomic E-state index is 0.325. The molecule has 0 atom stereocenters. The summed E-state index contributed by atoms with van der Waals surface area (Å²) in [5, 5.41) is 14.8. The summed E-state index contributed by atoms with van der Waals surface area (Å²) in [5.74, 6) is 1.87. The fourth-order valence-electron chi connectivity index (χ4n) is 0.890. The lowest BCUT2D eigenvalue weighted by molar-refractivity contribution is 0.847. The quantitative estimate of drug-likeness (QED) is 0.683. The minimum atomic E-state index is 0.325. The number of nitrogens with two attached hydrogens (primary N) is 1. The van der Waals surface area contributed by atoms with Gasteiger partial charge in [-0.2, -0.15) is 4.98 Å². The van der Waals surface area contributed by atoms with Crippen molar-refractivity contribution in [1.82, 2.24) is 29.9 Å². The van der Waals surface area contributed by atoms with Gasteiger partial charge in [-0.3, -0.25) is 0 Å². The van der Waals surface area contributed by atoms with Crippen molar-refractivity contribution in [2.24, 2.45) is 7.05 Å². The highest BCUT2D eigenvalue weighted by Gasteiger charge is 2.05. The van der Waals surface area contributed by atoms with Crippen LogP contribution in [0.2, 0.25) is 0 Å². The van der Waals surface area contributed by atoms with Crippen LogP contribution in [-0.2, 0) is 12.8 Å². The smallest absolute Gasteiger partial charge is 0.216 e. The molecule has 3 N–H and O–H groups in total. The lowest BCUT2D eigenvalue weighted by Gasteiger charge is -1.95. The van der Waals surface area contributed by atoms with E-state index in [1.807, 2.05) is 11.6 Å². The topological polar surface area (TPSA) is 98.3 Å². The first-order chi connectivity index (χ1) is 6.75. The average Bonchev–Trinajstić information content (AvgIpc) is 2.72. The summed E-state index contributed by atoms with van der Waals surface area (Å²) in [6, 6.07) is 0. The van der Waals surface area contributed by atoms with Crippen LogP contribution in [0.4, 0.5) is 5.95 Å². The number of H-pyrrole nitrogens is 1. The molecule has 0 aromatic carbocycles. The Bertz CT molecular complexity index is 419. The molecule has 0 aliphatic heterocycles. The molecule has 0 aliphatic rings. The number of nitrogens with zero attached hydrogens (tertiary/aromatic N) is 5. The molecule has 0 unspecified atom stereocenters. The van der Waals surface area contributed by atoms with E-state index in [1.54, 1.807) is 6.33 Å². The monoisotopic (exact) mass is 211 g/mol. The van der Waals surface area contributed by atoms with Crippen LogP contribution >= 0.6 is 11.8 Å². The minimum Gasteiger partial charge on any atom is -0.368 e. The van der Waals surface area contributed by atoms with Crippen LogP contribution in [0.15, 0.2) is 11.5 Å². The van der Waals surface area contributed by atoms with E-state index in [0.29, 0.717) is 16.9 Å². The van der Waals surface area contributed by atoms with Crippen molar-refractivity contribution in [2.75, 3.05) is 5.73 Å². The number of hydrogen-bond donors (Lipinski definition) is 2. The van der Waals surface area contributed by atoms with E-state index in [-0.39, 0.29) is 0 Å². The van der Waals surface area contributed by atoms with E-state index in [2.05, 4.69) is 25.4 Å². The number of aromatic nitrogens is 6. The maximum Gasteiger partial charge on any atom is 0.216 e. The first kappa shape index (κ1) is 9.00. The molecular formula is C6H9N7S. The van der Waals surface area contributed by atoms with Gasteiger partial charge in [-0.15, -0.1) is 15.3 Å². The van der Waals surface area contributed by atoms with Crippen molar-refractivity contribution in [3.05, 3.63) is 12.2 Å². The zero-order valence-corrected chi connectivity index (χ0v) is 8.32. The van der Waals surface area contributed by atoms with Gasteiger partial charge in [0.25, 0.3) is 0 Å². The van der Waals surface area contributed by atoms with Gasteiger partial charge in [-0.25, -0.2) is 5.10 Å². The molecule has 2 aromatic heterocycles. The maximum atomic E-state index is 5.38. The fourth-order valence-corrected chi connectivity index (χ4v) is 1.68. The van der Waals surface area contributed by atoms with Crippen LogP contribution in [0, 0.1) is 0 Å². The molecule has 0 aliphatic carbocycles. The summed E-state index contributed by atoms with van der Waals surface area (Å²) in [7, 11) is 1.89. The molecule has 0 bridgehead atoms. The lowest BCUT2D eigenvalue weighted by atomic mass is 10.7. The highest BCUT2D eigenvalue weighted by molar-refractivity contribution is 7.98. The molecule has 0 fully saturated rings. The number of hydrogen-bond acceptors (Lipinski definition) is 6.